The molecule has 1 heterocycles. The molecule has 0 aliphatic heterocycles. The summed E-state index contributed by atoms with van der Waals surface area (Å²) in [6, 6.07) is 9.78. The van der Waals surface area contributed by atoms with Crippen LogP contribution in [0.5, 0.6) is 5.75 Å². The van der Waals surface area contributed by atoms with Gasteiger partial charge in [-0.25, -0.2) is 4.98 Å². The number of aromatic nitrogens is 1. The Morgan fingerprint density at radius 1 is 1.33 bits per heavy atom. The summed E-state index contributed by atoms with van der Waals surface area (Å²) in [6.45, 7) is 1.83. The van der Waals surface area contributed by atoms with Crippen LogP contribution in [0.2, 0.25) is 0 Å². The molecule has 1 aliphatic rings. The van der Waals surface area contributed by atoms with E-state index in [1.54, 1.807) is 11.3 Å². The smallest absolute Gasteiger partial charge is 0.240 e. The molecule has 0 bridgehead atoms. The predicted molar refractivity (Wildman–Crippen MR) is 96.8 cm³/mol. The molecule has 0 unspecified atom stereocenters. The van der Waals surface area contributed by atoms with Gasteiger partial charge in [-0.2, -0.15) is 0 Å². The number of likely N-dealkylation sites (N-methyl/N-ethyl adjacent to an activating group) is 1. The van der Waals surface area contributed by atoms with E-state index in [9.17, 15) is 4.79 Å². The molecule has 0 saturated heterocycles. The topological polar surface area (TPSA) is 54.5 Å². The van der Waals surface area contributed by atoms with Gasteiger partial charge in [0.1, 0.15) is 5.75 Å². The summed E-state index contributed by atoms with van der Waals surface area (Å²) in [5, 5.41) is 3.66. The van der Waals surface area contributed by atoms with Crippen LogP contribution < -0.4 is 10.1 Å². The van der Waals surface area contributed by atoms with Crippen LogP contribution >= 0.6 is 11.3 Å². The lowest BCUT2D eigenvalue weighted by atomic mass is 10.3. The zero-order chi connectivity index (χ0) is 16.8. The first-order valence-corrected chi connectivity index (χ1v) is 9.17. The highest BCUT2D eigenvalue weighted by molar-refractivity contribution is 7.15. The number of hydrogen-bond acceptors (Lipinski definition) is 5. The molecule has 1 aromatic carbocycles. The molecule has 0 spiro atoms. The SMILES string of the molecule is CN(CCCOc1ccccc1)CC(=O)Nc1nc2c(s1)CCC2. The van der Waals surface area contributed by atoms with E-state index in [0.717, 1.165) is 36.7 Å². The zero-order valence-corrected chi connectivity index (χ0v) is 14.8. The van der Waals surface area contributed by atoms with Gasteiger partial charge < -0.3 is 10.1 Å². The van der Waals surface area contributed by atoms with E-state index in [1.807, 2.05) is 42.3 Å². The van der Waals surface area contributed by atoms with Gasteiger partial charge in [0.2, 0.25) is 5.91 Å². The van der Waals surface area contributed by atoms with Crippen LogP contribution in [0.1, 0.15) is 23.4 Å². The normalized spacial score (nSPS) is 13.1. The second kappa shape index (κ2) is 8.26. The molecule has 128 valence electrons. The average molecular weight is 345 g/mol. The number of anilines is 1. The highest BCUT2D eigenvalue weighted by Gasteiger charge is 2.18. The maximum atomic E-state index is 12.1. The van der Waals surface area contributed by atoms with Crippen molar-refractivity contribution in [1.82, 2.24) is 9.88 Å². The molecule has 1 N–H and O–H groups in total. The summed E-state index contributed by atoms with van der Waals surface area (Å²) >= 11 is 1.61. The first-order chi connectivity index (χ1) is 11.7. The van der Waals surface area contributed by atoms with E-state index >= 15 is 0 Å². The first kappa shape index (κ1) is 16.9. The highest BCUT2D eigenvalue weighted by Crippen LogP contribution is 2.30. The number of carbonyl (C=O) groups excluding carboxylic acids is 1. The van der Waals surface area contributed by atoms with Crippen molar-refractivity contribution >= 4 is 22.4 Å². The zero-order valence-electron chi connectivity index (χ0n) is 14.0. The Labute approximate surface area is 146 Å². The van der Waals surface area contributed by atoms with Gasteiger partial charge in [0.15, 0.2) is 5.13 Å². The molecule has 0 atom stereocenters. The van der Waals surface area contributed by atoms with Crippen molar-refractivity contribution in [2.24, 2.45) is 0 Å². The minimum absolute atomic E-state index is 0.00565. The van der Waals surface area contributed by atoms with Crippen molar-refractivity contribution in [2.45, 2.75) is 25.7 Å². The molecule has 0 saturated carbocycles. The molecule has 1 aromatic heterocycles. The minimum Gasteiger partial charge on any atom is -0.494 e. The Hall–Kier alpha value is -1.92. The average Bonchev–Trinajstić information content (AvgIpc) is 3.13. The van der Waals surface area contributed by atoms with Gasteiger partial charge in [-0.3, -0.25) is 9.69 Å². The van der Waals surface area contributed by atoms with Gasteiger partial charge in [-0.05, 0) is 44.9 Å². The lowest BCUT2D eigenvalue weighted by molar-refractivity contribution is -0.117. The quantitative estimate of drug-likeness (QED) is 0.748. The Bertz CT molecular complexity index is 651. The second-order valence-corrected chi connectivity index (χ2v) is 7.13. The highest BCUT2D eigenvalue weighted by atomic mass is 32.1. The third-order valence-electron chi connectivity index (χ3n) is 3.95. The standard InChI is InChI=1S/C18H23N3O2S/c1-21(11-6-12-23-14-7-3-2-4-8-14)13-17(22)20-18-19-15-9-5-10-16(15)24-18/h2-4,7-8H,5-6,9-13H2,1H3,(H,19,20,22). The van der Waals surface area contributed by atoms with Gasteiger partial charge >= 0.3 is 0 Å². The van der Waals surface area contributed by atoms with E-state index in [0.29, 0.717) is 13.2 Å². The molecule has 2 aromatic rings. The van der Waals surface area contributed by atoms with Crippen molar-refractivity contribution in [2.75, 3.05) is 32.1 Å². The number of nitrogens with zero attached hydrogens (tertiary/aromatic N) is 2. The third kappa shape index (κ3) is 4.79. The van der Waals surface area contributed by atoms with Gasteiger partial charge in [-0.1, -0.05) is 18.2 Å². The number of amides is 1. The van der Waals surface area contributed by atoms with E-state index in [2.05, 4.69) is 10.3 Å². The van der Waals surface area contributed by atoms with E-state index < -0.39 is 0 Å². The number of nitrogens with one attached hydrogen (secondary N) is 1. The third-order valence-corrected chi connectivity index (χ3v) is 5.02. The Kier molecular flexibility index (Phi) is 5.82. The van der Waals surface area contributed by atoms with Crippen LogP contribution in [0.3, 0.4) is 0 Å². The van der Waals surface area contributed by atoms with Crippen LogP contribution in [0.15, 0.2) is 30.3 Å². The largest absolute Gasteiger partial charge is 0.494 e. The molecule has 6 heteroatoms. The number of fused-ring (bicyclic) bond motifs is 1. The Morgan fingerprint density at radius 2 is 2.17 bits per heavy atom. The summed E-state index contributed by atoms with van der Waals surface area (Å²) in [7, 11) is 1.95. The van der Waals surface area contributed by atoms with Crippen molar-refractivity contribution < 1.29 is 9.53 Å². The number of hydrogen-bond donors (Lipinski definition) is 1. The molecule has 0 radical (unpaired) electrons. The van der Waals surface area contributed by atoms with Crippen molar-refractivity contribution in [3.63, 3.8) is 0 Å². The summed E-state index contributed by atoms with van der Waals surface area (Å²) in [6.07, 6.45) is 4.22. The lowest BCUT2D eigenvalue weighted by Gasteiger charge is -2.15. The number of aryl methyl sites for hydroxylation is 2. The van der Waals surface area contributed by atoms with Crippen molar-refractivity contribution in [1.29, 1.82) is 0 Å². The Morgan fingerprint density at radius 3 is 2.96 bits per heavy atom. The van der Waals surface area contributed by atoms with Gasteiger partial charge in [0.05, 0.1) is 18.8 Å². The molecule has 3 rings (SSSR count). The van der Waals surface area contributed by atoms with Crippen molar-refractivity contribution in [3.05, 3.63) is 40.9 Å². The van der Waals surface area contributed by atoms with E-state index in [-0.39, 0.29) is 5.91 Å². The predicted octanol–water partition coefficient (Wildman–Crippen LogP) is 2.97. The monoisotopic (exact) mass is 345 g/mol. The summed E-state index contributed by atoms with van der Waals surface area (Å²) < 4.78 is 5.66. The summed E-state index contributed by atoms with van der Waals surface area (Å²) in [5.74, 6) is 0.878. The van der Waals surface area contributed by atoms with E-state index in [1.165, 1.54) is 17.0 Å². The van der Waals surface area contributed by atoms with Gasteiger partial charge in [0.25, 0.3) is 0 Å². The fourth-order valence-corrected chi connectivity index (χ4v) is 3.83. The van der Waals surface area contributed by atoms with Gasteiger partial charge in [0, 0.05) is 11.4 Å². The molecule has 5 nitrogen and oxygen atoms in total. The molecule has 1 amide bonds. The van der Waals surface area contributed by atoms with Crippen LogP contribution in [-0.4, -0.2) is 42.5 Å². The fraction of sp³-hybridized carbons (Fsp3) is 0.444. The van der Waals surface area contributed by atoms with Crippen LogP contribution in [0.25, 0.3) is 0 Å². The maximum absolute atomic E-state index is 12.1. The molecular weight excluding hydrogens is 322 g/mol. The lowest BCUT2D eigenvalue weighted by Crippen LogP contribution is -2.31. The summed E-state index contributed by atoms with van der Waals surface area (Å²) in [4.78, 5) is 19.9. The molecule has 24 heavy (non-hydrogen) atoms. The van der Waals surface area contributed by atoms with E-state index in [4.69, 9.17) is 4.74 Å². The number of carbonyl (C=O) groups is 1. The first-order valence-electron chi connectivity index (χ1n) is 8.35. The van der Waals surface area contributed by atoms with Crippen LogP contribution in [0, 0.1) is 0 Å². The summed E-state index contributed by atoms with van der Waals surface area (Å²) in [5.41, 5.74) is 1.17. The molecule has 1 aliphatic carbocycles. The minimum atomic E-state index is -0.00565. The fourth-order valence-electron chi connectivity index (χ4n) is 2.77. The van der Waals surface area contributed by atoms with Crippen molar-refractivity contribution in [3.8, 4) is 5.75 Å². The number of para-hydroxylation sites is 1. The molecular formula is C18H23N3O2S. The number of benzene rings is 1. The number of thiazole rings is 1. The second-order valence-electron chi connectivity index (χ2n) is 6.04. The van der Waals surface area contributed by atoms with Crippen LogP contribution in [0.4, 0.5) is 5.13 Å². The number of rotatable bonds is 8. The molecule has 0 fully saturated rings. The number of ether oxygens (including phenoxy) is 1. The Balaban J connectivity index is 1.33. The maximum Gasteiger partial charge on any atom is 0.240 e. The van der Waals surface area contributed by atoms with Crippen LogP contribution in [-0.2, 0) is 17.6 Å². The van der Waals surface area contributed by atoms with Gasteiger partial charge in [-0.15, -0.1) is 11.3 Å².